The maximum absolute atomic E-state index is 6.43. The fraction of sp³-hybridized carbons (Fsp3) is 0.786. The van der Waals surface area contributed by atoms with Crippen LogP contribution in [0.25, 0.3) is 0 Å². The van der Waals surface area contributed by atoms with Gasteiger partial charge in [0.25, 0.3) is 0 Å². The van der Waals surface area contributed by atoms with E-state index in [4.69, 9.17) is 5.73 Å². The summed E-state index contributed by atoms with van der Waals surface area (Å²) >= 11 is 0. The van der Waals surface area contributed by atoms with E-state index in [1.807, 2.05) is 6.20 Å². The van der Waals surface area contributed by atoms with Gasteiger partial charge in [0.1, 0.15) is 0 Å². The smallest absolute Gasteiger partial charge is 0.0554 e. The van der Waals surface area contributed by atoms with Crippen LogP contribution in [0.5, 0.6) is 0 Å². The van der Waals surface area contributed by atoms with Crippen molar-refractivity contribution in [3.63, 3.8) is 0 Å². The first kappa shape index (κ1) is 12.6. The minimum absolute atomic E-state index is 0.177. The molecule has 1 heterocycles. The zero-order valence-electron chi connectivity index (χ0n) is 11.1. The predicted molar refractivity (Wildman–Crippen MR) is 70.6 cm³/mol. The standard InChI is InChI=1S/C14H25N3/c1-3-10-17-13(8-9-16-17)14(15)12-6-4-11(2)5-7-12/h8-9,11-12,14H,3-7,10,15H2,1-2H3. The van der Waals surface area contributed by atoms with Gasteiger partial charge in [-0.15, -0.1) is 0 Å². The molecule has 3 nitrogen and oxygen atoms in total. The summed E-state index contributed by atoms with van der Waals surface area (Å²) in [6.45, 7) is 5.52. The van der Waals surface area contributed by atoms with E-state index in [-0.39, 0.29) is 6.04 Å². The second kappa shape index (κ2) is 5.67. The summed E-state index contributed by atoms with van der Waals surface area (Å²) in [6.07, 6.45) is 8.22. The summed E-state index contributed by atoms with van der Waals surface area (Å²) in [5, 5.41) is 4.37. The number of aromatic nitrogens is 2. The van der Waals surface area contributed by atoms with Crippen molar-refractivity contribution in [1.82, 2.24) is 9.78 Å². The Bertz CT molecular complexity index is 337. The summed E-state index contributed by atoms with van der Waals surface area (Å²) in [4.78, 5) is 0. The Hall–Kier alpha value is -0.830. The van der Waals surface area contributed by atoms with Crippen molar-refractivity contribution >= 4 is 0 Å². The van der Waals surface area contributed by atoms with E-state index >= 15 is 0 Å². The average Bonchev–Trinajstić information content (AvgIpc) is 2.78. The number of hydrogen-bond acceptors (Lipinski definition) is 2. The van der Waals surface area contributed by atoms with Crippen molar-refractivity contribution < 1.29 is 0 Å². The molecule has 1 aliphatic carbocycles. The maximum Gasteiger partial charge on any atom is 0.0554 e. The van der Waals surface area contributed by atoms with Crippen molar-refractivity contribution in [1.29, 1.82) is 0 Å². The molecule has 17 heavy (non-hydrogen) atoms. The molecule has 2 rings (SSSR count). The van der Waals surface area contributed by atoms with Crippen LogP contribution in [0.3, 0.4) is 0 Å². The average molecular weight is 235 g/mol. The van der Waals surface area contributed by atoms with Gasteiger partial charge >= 0.3 is 0 Å². The fourth-order valence-corrected chi connectivity index (χ4v) is 2.91. The molecular weight excluding hydrogens is 210 g/mol. The highest BCUT2D eigenvalue weighted by molar-refractivity contribution is 5.08. The van der Waals surface area contributed by atoms with E-state index in [2.05, 4.69) is 29.7 Å². The second-order valence-electron chi connectivity index (χ2n) is 5.52. The molecule has 0 saturated heterocycles. The molecule has 1 aromatic heterocycles. The Morgan fingerprint density at radius 1 is 1.41 bits per heavy atom. The topological polar surface area (TPSA) is 43.8 Å². The summed E-state index contributed by atoms with van der Waals surface area (Å²) in [7, 11) is 0. The monoisotopic (exact) mass is 235 g/mol. The van der Waals surface area contributed by atoms with Crippen molar-refractivity contribution in [2.24, 2.45) is 17.6 Å². The van der Waals surface area contributed by atoms with Gasteiger partial charge in [-0.3, -0.25) is 4.68 Å². The summed E-state index contributed by atoms with van der Waals surface area (Å²) in [5.41, 5.74) is 7.66. The highest BCUT2D eigenvalue weighted by Gasteiger charge is 2.26. The van der Waals surface area contributed by atoms with Crippen LogP contribution in [-0.4, -0.2) is 9.78 Å². The van der Waals surface area contributed by atoms with Gasteiger partial charge in [-0.05, 0) is 37.2 Å². The third-order valence-corrected chi connectivity index (χ3v) is 4.09. The molecule has 1 saturated carbocycles. The molecular formula is C14H25N3. The minimum Gasteiger partial charge on any atom is -0.322 e. The molecule has 1 fully saturated rings. The number of hydrogen-bond donors (Lipinski definition) is 1. The van der Waals surface area contributed by atoms with E-state index in [1.54, 1.807) is 0 Å². The van der Waals surface area contributed by atoms with E-state index < -0.39 is 0 Å². The first-order valence-corrected chi connectivity index (χ1v) is 6.99. The second-order valence-corrected chi connectivity index (χ2v) is 5.52. The lowest BCUT2D eigenvalue weighted by molar-refractivity contribution is 0.249. The Labute approximate surface area is 104 Å². The zero-order chi connectivity index (χ0) is 12.3. The SMILES string of the molecule is CCCn1nccc1C(N)C1CCC(C)CC1. The van der Waals surface area contributed by atoms with Gasteiger partial charge in [0.2, 0.25) is 0 Å². The predicted octanol–water partition coefficient (Wildman–Crippen LogP) is 3.12. The Morgan fingerprint density at radius 3 is 2.76 bits per heavy atom. The van der Waals surface area contributed by atoms with Crippen LogP contribution in [0, 0.1) is 11.8 Å². The molecule has 0 aromatic carbocycles. The summed E-state index contributed by atoms with van der Waals surface area (Å²) in [5.74, 6) is 1.54. The maximum atomic E-state index is 6.43. The van der Waals surface area contributed by atoms with Crippen LogP contribution in [0.15, 0.2) is 12.3 Å². The van der Waals surface area contributed by atoms with E-state index in [1.165, 1.54) is 31.4 Å². The van der Waals surface area contributed by atoms with Crippen molar-refractivity contribution in [2.75, 3.05) is 0 Å². The molecule has 1 aliphatic rings. The first-order valence-electron chi connectivity index (χ1n) is 6.99. The molecule has 0 amide bonds. The normalized spacial score (nSPS) is 27.0. The van der Waals surface area contributed by atoms with E-state index in [0.29, 0.717) is 5.92 Å². The highest BCUT2D eigenvalue weighted by atomic mass is 15.3. The van der Waals surface area contributed by atoms with Crippen LogP contribution >= 0.6 is 0 Å². The molecule has 0 bridgehead atoms. The Morgan fingerprint density at radius 2 is 2.12 bits per heavy atom. The van der Waals surface area contributed by atoms with Gasteiger partial charge in [0.15, 0.2) is 0 Å². The van der Waals surface area contributed by atoms with Crippen molar-refractivity contribution in [3.8, 4) is 0 Å². The van der Waals surface area contributed by atoms with Crippen molar-refractivity contribution in [3.05, 3.63) is 18.0 Å². The first-order chi connectivity index (χ1) is 8.22. The van der Waals surface area contributed by atoms with Gasteiger partial charge in [-0.1, -0.05) is 26.7 Å². The number of rotatable bonds is 4. The lowest BCUT2D eigenvalue weighted by Crippen LogP contribution is -2.27. The molecule has 1 atom stereocenters. The Balaban J connectivity index is 2.03. The molecule has 2 N–H and O–H groups in total. The zero-order valence-corrected chi connectivity index (χ0v) is 11.1. The van der Waals surface area contributed by atoms with Gasteiger partial charge in [0, 0.05) is 18.8 Å². The molecule has 3 heteroatoms. The van der Waals surface area contributed by atoms with Crippen LogP contribution in [0.4, 0.5) is 0 Å². The lowest BCUT2D eigenvalue weighted by atomic mass is 9.78. The van der Waals surface area contributed by atoms with Crippen molar-refractivity contribution in [2.45, 2.75) is 58.5 Å². The molecule has 0 aliphatic heterocycles. The largest absolute Gasteiger partial charge is 0.322 e. The summed E-state index contributed by atoms with van der Waals surface area (Å²) in [6, 6.07) is 2.27. The third-order valence-electron chi connectivity index (χ3n) is 4.09. The highest BCUT2D eigenvalue weighted by Crippen LogP contribution is 2.35. The quantitative estimate of drug-likeness (QED) is 0.871. The number of nitrogens with zero attached hydrogens (tertiary/aromatic N) is 2. The molecule has 0 radical (unpaired) electrons. The minimum atomic E-state index is 0.177. The van der Waals surface area contributed by atoms with Crippen LogP contribution in [0.2, 0.25) is 0 Å². The van der Waals surface area contributed by atoms with Crippen LogP contribution in [-0.2, 0) is 6.54 Å². The van der Waals surface area contributed by atoms with E-state index in [9.17, 15) is 0 Å². The molecule has 0 spiro atoms. The van der Waals surface area contributed by atoms with Crippen LogP contribution in [0.1, 0.15) is 57.7 Å². The summed E-state index contributed by atoms with van der Waals surface area (Å²) < 4.78 is 2.09. The number of aryl methyl sites for hydroxylation is 1. The van der Waals surface area contributed by atoms with E-state index in [0.717, 1.165) is 18.9 Å². The number of nitrogens with two attached hydrogens (primary N) is 1. The lowest BCUT2D eigenvalue weighted by Gasteiger charge is -2.30. The third kappa shape index (κ3) is 2.89. The molecule has 1 aromatic rings. The molecule has 96 valence electrons. The van der Waals surface area contributed by atoms with Crippen LogP contribution < -0.4 is 5.73 Å². The molecule has 1 unspecified atom stereocenters. The Kier molecular flexibility index (Phi) is 4.21. The van der Waals surface area contributed by atoms with Gasteiger partial charge in [0.05, 0.1) is 5.69 Å². The van der Waals surface area contributed by atoms with Gasteiger partial charge < -0.3 is 5.73 Å². The van der Waals surface area contributed by atoms with Gasteiger partial charge in [-0.2, -0.15) is 5.10 Å². The fourth-order valence-electron chi connectivity index (χ4n) is 2.91. The van der Waals surface area contributed by atoms with Gasteiger partial charge in [-0.25, -0.2) is 0 Å².